The number of rotatable bonds is 3. The van der Waals surface area contributed by atoms with Gasteiger partial charge >= 0.3 is 5.97 Å². The summed E-state index contributed by atoms with van der Waals surface area (Å²) in [5.74, 6) is 0.0629. The standard InChI is InChI=1S/C12H17NO2/c1-8(2)10-5-6-11(13-7-10)12(14)15-9(3)4/h5-9H,1-4H3. The van der Waals surface area contributed by atoms with Crippen molar-refractivity contribution < 1.29 is 9.53 Å². The third-order valence-corrected chi connectivity index (χ3v) is 2.00. The minimum Gasteiger partial charge on any atom is -0.458 e. The number of nitrogens with zero attached hydrogens (tertiary/aromatic N) is 1. The van der Waals surface area contributed by atoms with Gasteiger partial charge in [0.2, 0.25) is 0 Å². The third kappa shape index (κ3) is 3.35. The van der Waals surface area contributed by atoms with E-state index < -0.39 is 0 Å². The molecule has 1 aromatic heterocycles. The van der Waals surface area contributed by atoms with Gasteiger partial charge in [-0.05, 0) is 31.4 Å². The average molecular weight is 207 g/mol. The molecule has 0 bridgehead atoms. The maximum Gasteiger partial charge on any atom is 0.357 e. The normalized spacial score (nSPS) is 10.8. The van der Waals surface area contributed by atoms with Crippen molar-refractivity contribution in [2.45, 2.75) is 39.7 Å². The number of esters is 1. The van der Waals surface area contributed by atoms with Crippen molar-refractivity contribution in [2.75, 3.05) is 0 Å². The molecule has 0 N–H and O–H groups in total. The predicted molar refractivity (Wildman–Crippen MR) is 58.9 cm³/mol. The van der Waals surface area contributed by atoms with Crippen LogP contribution in [0.25, 0.3) is 0 Å². The van der Waals surface area contributed by atoms with Crippen LogP contribution < -0.4 is 0 Å². The van der Waals surface area contributed by atoms with Crippen molar-refractivity contribution in [3.05, 3.63) is 29.6 Å². The lowest BCUT2D eigenvalue weighted by Gasteiger charge is -2.08. The molecule has 0 saturated carbocycles. The fourth-order valence-electron chi connectivity index (χ4n) is 1.14. The molecule has 0 aromatic carbocycles. The Hall–Kier alpha value is -1.38. The van der Waals surface area contributed by atoms with Crippen LogP contribution in [0.4, 0.5) is 0 Å². The smallest absolute Gasteiger partial charge is 0.357 e. The van der Waals surface area contributed by atoms with E-state index in [1.807, 2.05) is 19.9 Å². The Morgan fingerprint density at radius 2 is 1.93 bits per heavy atom. The summed E-state index contributed by atoms with van der Waals surface area (Å²) in [7, 11) is 0. The zero-order chi connectivity index (χ0) is 11.4. The van der Waals surface area contributed by atoms with E-state index in [-0.39, 0.29) is 12.1 Å². The number of pyridine rings is 1. The fourth-order valence-corrected chi connectivity index (χ4v) is 1.14. The first-order valence-electron chi connectivity index (χ1n) is 5.17. The summed E-state index contributed by atoms with van der Waals surface area (Å²) in [6.45, 7) is 7.81. The summed E-state index contributed by atoms with van der Waals surface area (Å²) in [4.78, 5) is 15.5. The van der Waals surface area contributed by atoms with Gasteiger partial charge in [-0.25, -0.2) is 9.78 Å². The van der Waals surface area contributed by atoms with Gasteiger partial charge in [-0.3, -0.25) is 0 Å². The third-order valence-electron chi connectivity index (χ3n) is 2.00. The molecule has 0 fully saturated rings. The molecule has 0 atom stereocenters. The van der Waals surface area contributed by atoms with Crippen LogP contribution in [0, 0.1) is 0 Å². The highest BCUT2D eigenvalue weighted by Crippen LogP contribution is 2.13. The van der Waals surface area contributed by atoms with E-state index in [0.29, 0.717) is 11.6 Å². The lowest BCUT2D eigenvalue weighted by atomic mass is 10.1. The number of carbonyl (C=O) groups excluding carboxylic acids is 1. The number of ether oxygens (including phenoxy) is 1. The van der Waals surface area contributed by atoms with Gasteiger partial charge in [-0.15, -0.1) is 0 Å². The molecule has 0 radical (unpaired) electrons. The van der Waals surface area contributed by atoms with E-state index in [9.17, 15) is 4.79 Å². The molecule has 15 heavy (non-hydrogen) atoms. The van der Waals surface area contributed by atoms with Gasteiger partial charge < -0.3 is 4.74 Å². The van der Waals surface area contributed by atoms with Crippen molar-refractivity contribution in [2.24, 2.45) is 0 Å². The summed E-state index contributed by atoms with van der Waals surface area (Å²) in [5, 5.41) is 0. The Morgan fingerprint density at radius 3 is 2.33 bits per heavy atom. The first-order chi connectivity index (χ1) is 7.00. The summed E-state index contributed by atoms with van der Waals surface area (Å²) in [5.41, 5.74) is 1.49. The van der Waals surface area contributed by atoms with E-state index in [1.165, 1.54) is 0 Å². The topological polar surface area (TPSA) is 39.2 Å². The molecular formula is C12H17NO2. The van der Waals surface area contributed by atoms with Crippen LogP contribution in [0.3, 0.4) is 0 Å². The quantitative estimate of drug-likeness (QED) is 0.715. The molecule has 3 heteroatoms. The zero-order valence-corrected chi connectivity index (χ0v) is 9.65. The second kappa shape index (κ2) is 4.91. The van der Waals surface area contributed by atoms with E-state index >= 15 is 0 Å². The summed E-state index contributed by atoms with van der Waals surface area (Å²) < 4.78 is 5.04. The van der Waals surface area contributed by atoms with E-state index in [2.05, 4.69) is 18.8 Å². The molecule has 3 nitrogen and oxygen atoms in total. The highest BCUT2D eigenvalue weighted by atomic mass is 16.5. The van der Waals surface area contributed by atoms with Crippen LogP contribution in [0.15, 0.2) is 18.3 Å². The maximum atomic E-state index is 11.5. The lowest BCUT2D eigenvalue weighted by Crippen LogP contribution is -2.13. The number of aromatic nitrogens is 1. The van der Waals surface area contributed by atoms with Gasteiger partial charge in [0, 0.05) is 6.20 Å². The van der Waals surface area contributed by atoms with Crippen LogP contribution >= 0.6 is 0 Å². The second-order valence-electron chi connectivity index (χ2n) is 4.09. The molecule has 0 amide bonds. The molecule has 0 aliphatic rings. The Bertz CT molecular complexity index is 328. The number of hydrogen-bond acceptors (Lipinski definition) is 3. The predicted octanol–water partition coefficient (Wildman–Crippen LogP) is 2.77. The summed E-state index contributed by atoms with van der Waals surface area (Å²) in [6, 6.07) is 3.62. The van der Waals surface area contributed by atoms with Crippen molar-refractivity contribution in [3.63, 3.8) is 0 Å². The molecule has 82 valence electrons. The Kier molecular flexibility index (Phi) is 3.83. The van der Waals surface area contributed by atoms with Gasteiger partial charge in [0.25, 0.3) is 0 Å². The van der Waals surface area contributed by atoms with Crippen LogP contribution in [0.2, 0.25) is 0 Å². The molecule has 0 unspecified atom stereocenters. The van der Waals surface area contributed by atoms with E-state index in [4.69, 9.17) is 4.74 Å². The van der Waals surface area contributed by atoms with Crippen molar-refractivity contribution in [3.8, 4) is 0 Å². The summed E-state index contributed by atoms with van der Waals surface area (Å²) in [6.07, 6.45) is 1.62. The van der Waals surface area contributed by atoms with Gasteiger partial charge in [-0.1, -0.05) is 19.9 Å². The Balaban J connectivity index is 2.75. The van der Waals surface area contributed by atoms with Crippen LogP contribution in [0.1, 0.15) is 49.7 Å². The molecule has 0 aliphatic heterocycles. The van der Waals surface area contributed by atoms with Gasteiger partial charge in [0.15, 0.2) is 0 Å². The average Bonchev–Trinajstić information content (AvgIpc) is 2.17. The minimum atomic E-state index is -0.361. The fraction of sp³-hybridized carbons (Fsp3) is 0.500. The minimum absolute atomic E-state index is 0.107. The van der Waals surface area contributed by atoms with E-state index in [0.717, 1.165) is 5.56 Å². The first kappa shape index (κ1) is 11.7. The summed E-state index contributed by atoms with van der Waals surface area (Å²) >= 11 is 0. The second-order valence-corrected chi connectivity index (χ2v) is 4.09. The van der Waals surface area contributed by atoms with Crippen molar-refractivity contribution >= 4 is 5.97 Å². The Morgan fingerprint density at radius 1 is 1.27 bits per heavy atom. The molecule has 0 spiro atoms. The van der Waals surface area contributed by atoms with Crippen LogP contribution in [-0.2, 0) is 4.74 Å². The van der Waals surface area contributed by atoms with E-state index in [1.54, 1.807) is 12.3 Å². The Labute approximate surface area is 90.5 Å². The van der Waals surface area contributed by atoms with Crippen LogP contribution in [-0.4, -0.2) is 17.1 Å². The van der Waals surface area contributed by atoms with Crippen LogP contribution in [0.5, 0.6) is 0 Å². The first-order valence-corrected chi connectivity index (χ1v) is 5.17. The zero-order valence-electron chi connectivity index (χ0n) is 9.65. The molecule has 0 saturated heterocycles. The van der Waals surface area contributed by atoms with Gasteiger partial charge in [0.05, 0.1) is 6.10 Å². The highest BCUT2D eigenvalue weighted by molar-refractivity contribution is 5.87. The SMILES string of the molecule is CC(C)OC(=O)c1ccc(C(C)C)cn1. The molecule has 1 heterocycles. The molecular weight excluding hydrogens is 190 g/mol. The number of carbonyl (C=O) groups is 1. The molecule has 1 aromatic rings. The van der Waals surface area contributed by atoms with Gasteiger partial charge in [0.1, 0.15) is 5.69 Å². The monoisotopic (exact) mass is 207 g/mol. The maximum absolute atomic E-state index is 11.5. The molecule has 0 aliphatic carbocycles. The highest BCUT2D eigenvalue weighted by Gasteiger charge is 2.10. The molecule has 1 rings (SSSR count). The van der Waals surface area contributed by atoms with Crippen molar-refractivity contribution in [1.29, 1.82) is 0 Å². The van der Waals surface area contributed by atoms with Crippen molar-refractivity contribution in [1.82, 2.24) is 4.98 Å². The lowest BCUT2D eigenvalue weighted by molar-refractivity contribution is 0.0371. The number of hydrogen-bond donors (Lipinski definition) is 0. The largest absolute Gasteiger partial charge is 0.458 e. The van der Waals surface area contributed by atoms with Gasteiger partial charge in [-0.2, -0.15) is 0 Å².